The van der Waals surface area contributed by atoms with Crippen LogP contribution < -0.4 is 5.32 Å². The molecule has 1 fully saturated rings. The molecule has 1 aliphatic heterocycles. The number of nitrogens with one attached hydrogen (secondary N) is 1. The Morgan fingerprint density at radius 3 is 2.65 bits per heavy atom. The second kappa shape index (κ2) is 10.9. The molecule has 0 aromatic carbocycles. The van der Waals surface area contributed by atoms with Crippen LogP contribution in [0.15, 0.2) is 0 Å². The number of hydrogen-bond donors (Lipinski definition) is 1. The standard InChI is InChI=1S/C8H18N2S.C4H8O2/c1-9-7-8-5-3-4-6-10(8)11-2;1-4(2)6-3-5/h8-9H,3-7H2,1-2H3;3-4H,1-2H3. The summed E-state index contributed by atoms with van der Waals surface area (Å²) in [6.45, 7) is 6.46. The highest BCUT2D eigenvalue weighted by Gasteiger charge is 2.20. The van der Waals surface area contributed by atoms with Gasteiger partial charge in [-0.2, -0.15) is 0 Å². The van der Waals surface area contributed by atoms with E-state index < -0.39 is 0 Å². The van der Waals surface area contributed by atoms with E-state index in [9.17, 15) is 4.79 Å². The molecule has 0 amide bonds. The molecule has 0 saturated carbocycles. The fourth-order valence-electron chi connectivity index (χ4n) is 1.77. The summed E-state index contributed by atoms with van der Waals surface area (Å²) in [5, 5.41) is 3.25. The topological polar surface area (TPSA) is 41.6 Å². The maximum absolute atomic E-state index is 9.39. The highest BCUT2D eigenvalue weighted by Crippen LogP contribution is 2.21. The lowest BCUT2D eigenvalue weighted by molar-refractivity contribution is -0.131. The molecule has 1 N–H and O–H groups in total. The van der Waals surface area contributed by atoms with Crippen LogP contribution in [0.4, 0.5) is 0 Å². The first-order valence-corrected chi connectivity index (χ1v) is 7.38. The van der Waals surface area contributed by atoms with Crippen LogP contribution in [-0.4, -0.2) is 49.3 Å². The van der Waals surface area contributed by atoms with E-state index in [1.165, 1.54) is 25.8 Å². The Kier molecular flexibility index (Phi) is 10.7. The largest absolute Gasteiger partial charge is 0.465 e. The molecule has 17 heavy (non-hydrogen) atoms. The quantitative estimate of drug-likeness (QED) is 0.605. The number of carbonyl (C=O) groups is 1. The van der Waals surface area contributed by atoms with Crippen molar-refractivity contribution >= 4 is 18.4 Å². The lowest BCUT2D eigenvalue weighted by Gasteiger charge is -2.33. The normalized spacial score (nSPS) is 20.6. The van der Waals surface area contributed by atoms with Crippen molar-refractivity contribution in [3.05, 3.63) is 0 Å². The van der Waals surface area contributed by atoms with Gasteiger partial charge in [-0.25, -0.2) is 4.31 Å². The number of hydrogen-bond acceptors (Lipinski definition) is 5. The first-order chi connectivity index (χ1) is 8.15. The summed E-state index contributed by atoms with van der Waals surface area (Å²) in [5.74, 6) is 0. The third-order valence-corrected chi connectivity index (χ3v) is 3.52. The highest BCUT2D eigenvalue weighted by molar-refractivity contribution is 7.96. The fraction of sp³-hybridized carbons (Fsp3) is 0.917. The van der Waals surface area contributed by atoms with Crippen LogP contribution in [-0.2, 0) is 9.53 Å². The van der Waals surface area contributed by atoms with Crippen LogP contribution >= 0.6 is 11.9 Å². The molecule has 5 heteroatoms. The van der Waals surface area contributed by atoms with Crippen LogP contribution in [0.25, 0.3) is 0 Å². The van der Waals surface area contributed by atoms with E-state index in [-0.39, 0.29) is 6.10 Å². The molecule has 0 aromatic rings. The van der Waals surface area contributed by atoms with Crippen molar-refractivity contribution in [1.82, 2.24) is 9.62 Å². The minimum Gasteiger partial charge on any atom is -0.465 e. The van der Waals surface area contributed by atoms with E-state index in [1.54, 1.807) is 13.8 Å². The van der Waals surface area contributed by atoms with E-state index in [1.807, 2.05) is 19.0 Å². The third-order valence-electron chi connectivity index (χ3n) is 2.58. The average Bonchev–Trinajstić information content (AvgIpc) is 2.31. The Morgan fingerprint density at radius 1 is 1.53 bits per heavy atom. The Morgan fingerprint density at radius 2 is 2.24 bits per heavy atom. The molecule has 1 rings (SSSR count). The Hall–Kier alpha value is -0.260. The van der Waals surface area contributed by atoms with Gasteiger partial charge in [0.05, 0.1) is 6.10 Å². The van der Waals surface area contributed by atoms with Crippen molar-refractivity contribution in [1.29, 1.82) is 0 Å². The van der Waals surface area contributed by atoms with E-state index in [0.29, 0.717) is 6.47 Å². The zero-order chi connectivity index (χ0) is 13.1. The summed E-state index contributed by atoms with van der Waals surface area (Å²) in [5.41, 5.74) is 0. The summed E-state index contributed by atoms with van der Waals surface area (Å²) in [4.78, 5) is 9.39. The van der Waals surface area contributed by atoms with Gasteiger partial charge >= 0.3 is 0 Å². The van der Waals surface area contributed by atoms with Crippen molar-refractivity contribution in [3.63, 3.8) is 0 Å². The molecule has 1 aliphatic rings. The second-order valence-electron chi connectivity index (χ2n) is 4.31. The van der Waals surface area contributed by atoms with Gasteiger partial charge in [-0.1, -0.05) is 18.4 Å². The van der Waals surface area contributed by atoms with E-state index in [4.69, 9.17) is 0 Å². The summed E-state index contributed by atoms with van der Waals surface area (Å²) in [6, 6.07) is 0.767. The molecule has 1 atom stereocenters. The van der Waals surface area contributed by atoms with Gasteiger partial charge in [0.1, 0.15) is 0 Å². The summed E-state index contributed by atoms with van der Waals surface area (Å²) < 4.78 is 6.86. The lowest BCUT2D eigenvalue weighted by atomic mass is 10.1. The van der Waals surface area contributed by atoms with E-state index in [2.05, 4.69) is 20.6 Å². The van der Waals surface area contributed by atoms with Crippen molar-refractivity contribution in [3.8, 4) is 0 Å². The number of carbonyl (C=O) groups excluding carboxylic acids is 1. The Bertz CT molecular complexity index is 189. The van der Waals surface area contributed by atoms with Crippen molar-refractivity contribution in [2.24, 2.45) is 0 Å². The molecule has 0 bridgehead atoms. The van der Waals surface area contributed by atoms with Crippen molar-refractivity contribution in [2.45, 2.75) is 45.3 Å². The molecule has 0 radical (unpaired) electrons. The predicted molar refractivity (Wildman–Crippen MR) is 74.1 cm³/mol. The number of piperidine rings is 1. The summed E-state index contributed by atoms with van der Waals surface area (Å²) in [6.07, 6.45) is 6.35. The van der Waals surface area contributed by atoms with Crippen LogP contribution in [0.3, 0.4) is 0 Å². The lowest BCUT2D eigenvalue weighted by Crippen LogP contribution is -2.40. The van der Waals surface area contributed by atoms with Gasteiger partial charge in [0.25, 0.3) is 6.47 Å². The zero-order valence-corrected chi connectivity index (χ0v) is 12.3. The molecule has 1 heterocycles. The number of nitrogens with zero attached hydrogens (tertiary/aromatic N) is 1. The first kappa shape index (κ1) is 16.7. The van der Waals surface area contributed by atoms with Gasteiger partial charge in [-0.15, -0.1) is 0 Å². The molecule has 0 spiro atoms. The molecule has 102 valence electrons. The molecular weight excluding hydrogens is 236 g/mol. The van der Waals surface area contributed by atoms with E-state index >= 15 is 0 Å². The molecule has 1 unspecified atom stereocenters. The van der Waals surface area contributed by atoms with Gasteiger partial charge in [0.2, 0.25) is 0 Å². The molecular formula is C12H26N2O2S. The maximum atomic E-state index is 9.39. The van der Waals surface area contributed by atoms with Crippen LogP contribution in [0, 0.1) is 0 Å². The Labute approximate surface area is 110 Å². The van der Waals surface area contributed by atoms with Gasteiger partial charge in [-0.05, 0) is 40.0 Å². The number of ether oxygens (including phenoxy) is 1. The maximum Gasteiger partial charge on any atom is 0.293 e. The van der Waals surface area contributed by atoms with Gasteiger partial charge < -0.3 is 10.1 Å². The number of likely N-dealkylation sites (N-methyl/N-ethyl adjacent to an activating group) is 1. The Balaban J connectivity index is 0.000000366. The van der Waals surface area contributed by atoms with Crippen molar-refractivity contribution < 1.29 is 9.53 Å². The highest BCUT2D eigenvalue weighted by atomic mass is 32.2. The smallest absolute Gasteiger partial charge is 0.293 e. The zero-order valence-electron chi connectivity index (χ0n) is 11.4. The monoisotopic (exact) mass is 262 g/mol. The fourth-order valence-corrected chi connectivity index (χ4v) is 2.55. The first-order valence-electron chi connectivity index (χ1n) is 6.20. The van der Waals surface area contributed by atoms with Crippen LogP contribution in [0.2, 0.25) is 0 Å². The predicted octanol–water partition coefficient (Wildman–Crippen LogP) is 1.91. The summed E-state index contributed by atoms with van der Waals surface area (Å²) >= 11 is 1.89. The van der Waals surface area contributed by atoms with E-state index in [0.717, 1.165) is 12.6 Å². The van der Waals surface area contributed by atoms with Crippen molar-refractivity contribution in [2.75, 3.05) is 26.4 Å². The third kappa shape index (κ3) is 8.46. The molecule has 0 aromatic heterocycles. The number of rotatable bonds is 5. The van der Waals surface area contributed by atoms with Gasteiger partial charge in [-0.3, -0.25) is 4.79 Å². The van der Waals surface area contributed by atoms with Gasteiger partial charge in [0.15, 0.2) is 0 Å². The molecule has 0 aliphatic carbocycles. The van der Waals surface area contributed by atoms with Crippen LogP contribution in [0.1, 0.15) is 33.1 Å². The SMILES string of the molecule is CC(C)OC=O.CNCC1CCCCN1SC. The van der Waals surface area contributed by atoms with Gasteiger partial charge in [0, 0.05) is 19.1 Å². The summed E-state index contributed by atoms with van der Waals surface area (Å²) in [7, 11) is 2.03. The average molecular weight is 262 g/mol. The molecule has 1 saturated heterocycles. The van der Waals surface area contributed by atoms with Crippen LogP contribution in [0.5, 0.6) is 0 Å². The molecule has 4 nitrogen and oxygen atoms in total. The second-order valence-corrected chi connectivity index (χ2v) is 5.15. The minimum atomic E-state index is 0.0301. The minimum absolute atomic E-state index is 0.0301.